The largest absolute Gasteiger partial charge is 0.469 e. The molecule has 0 bridgehead atoms. The van der Waals surface area contributed by atoms with E-state index >= 15 is 0 Å². The Hall–Kier alpha value is -2.41. The van der Waals surface area contributed by atoms with Crippen molar-refractivity contribution in [3.63, 3.8) is 0 Å². The summed E-state index contributed by atoms with van der Waals surface area (Å²) in [4.78, 5) is 23.9. The van der Waals surface area contributed by atoms with Crippen LogP contribution in [0.25, 0.3) is 10.1 Å². The van der Waals surface area contributed by atoms with Gasteiger partial charge in [0.2, 0.25) is 0 Å². The molecule has 1 amide bonds. The van der Waals surface area contributed by atoms with Crippen molar-refractivity contribution in [3.05, 3.63) is 34.7 Å². The highest BCUT2D eigenvalue weighted by Crippen LogP contribution is 2.26. The second-order valence-corrected chi connectivity index (χ2v) is 6.86. The molecule has 1 aromatic carbocycles. The third-order valence-corrected chi connectivity index (χ3v) is 4.99. The monoisotopic (exact) mass is 361 g/mol. The molecule has 2 aromatic rings. The normalized spacial score (nSPS) is 10.6. The summed E-state index contributed by atoms with van der Waals surface area (Å²) in [5.74, 6) is -0.238. The van der Waals surface area contributed by atoms with Gasteiger partial charge in [0.1, 0.15) is 5.84 Å². The zero-order valence-corrected chi connectivity index (χ0v) is 15.1. The Balaban J connectivity index is 1.76. The van der Waals surface area contributed by atoms with Crippen LogP contribution >= 0.6 is 11.3 Å². The molecule has 0 fully saturated rings. The van der Waals surface area contributed by atoms with Crippen molar-refractivity contribution in [2.75, 3.05) is 13.7 Å². The van der Waals surface area contributed by atoms with Gasteiger partial charge in [0.25, 0.3) is 5.91 Å². The summed E-state index contributed by atoms with van der Waals surface area (Å²) >= 11 is 1.43. The van der Waals surface area contributed by atoms with Crippen LogP contribution in [0, 0.1) is 5.41 Å². The van der Waals surface area contributed by atoms with Gasteiger partial charge in [-0.1, -0.05) is 12.8 Å². The molecule has 4 N–H and O–H groups in total. The highest BCUT2D eigenvalue weighted by atomic mass is 32.1. The van der Waals surface area contributed by atoms with Crippen LogP contribution in [0.5, 0.6) is 0 Å². The first-order valence-electron chi connectivity index (χ1n) is 8.24. The number of ether oxygens (including phenoxy) is 1. The number of nitrogen functional groups attached to an aromatic ring is 1. The Morgan fingerprint density at radius 1 is 1.20 bits per heavy atom. The fourth-order valence-corrected chi connectivity index (χ4v) is 3.42. The average Bonchev–Trinajstić information content (AvgIpc) is 3.03. The molecule has 0 radical (unpaired) electrons. The molecule has 0 saturated heterocycles. The fraction of sp³-hybridized carbons (Fsp3) is 0.389. The molecule has 0 atom stereocenters. The molecule has 0 spiro atoms. The summed E-state index contributed by atoms with van der Waals surface area (Å²) < 4.78 is 5.59. The number of nitrogens with one attached hydrogen (secondary N) is 2. The van der Waals surface area contributed by atoms with Crippen molar-refractivity contribution >= 4 is 39.1 Å². The second kappa shape index (κ2) is 9.17. The molecule has 6 nitrogen and oxygen atoms in total. The van der Waals surface area contributed by atoms with Gasteiger partial charge >= 0.3 is 5.97 Å². The van der Waals surface area contributed by atoms with Gasteiger partial charge in [-0.25, -0.2) is 0 Å². The van der Waals surface area contributed by atoms with Gasteiger partial charge in [-0.2, -0.15) is 0 Å². The lowest BCUT2D eigenvalue weighted by molar-refractivity contribution is -0.140. The van der Waals surface area contributed by atoms with Crippen molar-refractivity contribution in [1.29, 1.82) is 5.41 Å². The van der Waals surface area contributed by atoms with Gasteiger partial charge in [-0.05, 0) is 42.5 Å². The summed E-state index contributed by atoms with van der Waals surface area (Å²) in [5.41, 5.74) is 6.15. The molecule has 134 valence electrons. The van der Waals surface area contributed by atoms with Crippen LogP contribution < -0.4 is 11.1 Å². The number of thiophene rings is 1. The number of carbonyl (C=O) groups excluding carboxylic acids is 2. The maximum atomic E-state index is 12.2. The third kappa shape index (κ3) is 5.56. The van der Waals surface area contributed by atoms with E-state index in [1.807, 2.05) is 18.2 Å². The minimum atomic E-state index is -0.175. The summed E-state index contributed by atoms with van der Waals surface area (Å²) in [6.07, 6.45) is 4.06. The Morgan fingerprint density at radius 2 is 1.96 bits per heavy atom. The number of carbonyl (C=O) groups is 2. The Kier molecular flexibility index (Phi) is 6.94. The van der Waals surface area contributed by atoms with Gasteiger partial charge in [0, 0.05) is 23.2 Å². The predicted molar refractivity (Wildman–Crippen MR) is 100 cm³/mol. The number of amidine groups is 1. The summed E-state index contributed by atoms with van der Waals surface area (Å²) in [6.45, 7) is 0.615. The molecular formula is C18H23N3O3S. The van der Waals surface area contributed by atoms with Gasteiger partial charge in [-0.15, -0.1) is 11.3 Å². The molecule has 25 heavy (non-hydrogen) atoms. The second-order valence-electron chi connectivity index (χ2n) is 5.77. The molecule has 0 aliphatic carbocycles. The zero-order valence-electron chi connectivity index (χ0n) is 14.3. The van der Waals surface area contributed by atoms with Crippen LogP contribution in [-0.2, 0) is 9.53 Å². The van der Waals surface area contributed by atoms with Gasteiger partial charge < -0.3 is 15.8 Å². The number of hydrogen-bond donors (Lipinski definition) is 3. The standard InChI is InChI=1S/C18H23N3O3S/c1-24-16(22)6-4-2-3-5-9-21-18(23)15-11-13-10-12(17(19)20)7-8-14(13)25-15/h7-8,10-11H,2-6,9H2,1H3,(H3,19,20)(H,21,23). The van der Waals surface area contributed by atoms with Crippen molar-refractivity contribution in [2.45, 2.75) is 32.1 Å². The summed E-state index contributed by atoms with van der Waals surface area (Å²) in [6, 6.07) is 7.33. The van der Waals surface area contributed by atoms with Crippen molar-refractivity contribution in [1.82, 2.24) is 5.32 Å². The quantitative estimate of drug-likeness (QED) is 0.276. The van der Waals surface area contributed by atoms with E-state index in [1.165, 1.54) is 18.4 Å². The summed E-state index contributed by atoms with van der Waals surface area (Å²) in [5, 5.41) is 11.3. The Morgan fingerprint density at radius 3 is 2.68 bits per heavy atom. The smallest absolute Gasteiger partial charge is 0.305 e. The maximum Gasteiger partial charge on any atom is 0.305 e. The van der Waals surface area contributed by atoms with Gasteiger partial charge in [-0.3, -0.25) is 15.0 Å². The molecule has 0 saturated carbocycles. The number of amides is 1. The number of nitrogens with two attached hydrogens (primary N) is 1. The maximum absolute atomic E-state index is 12.2. The van der Waals surface area contributed by atoms with Gasteiger partial charge in [0.15, 0.2) is 0 Å². The highest BCUT2D eigenvalue weighted by molar-refractivity contribution is 7.20. The predicted octanol–water partition coefficient (Wildman–Crippen LogP) is 3.04. The molecule has 0 aliphatic heterocycles. The SMILES string of the molecule is COC(=O)CCCCCCNC(=O)c1cc2cc(C(=N)N)ccc2s1. The average molecular weight is 361 g/mol. The van der Waals surface area contributed by atoms with E-state index in [0.29, 0.717) is 23.4 Å². The topological polar surface area (TPSA) is 105 Å². The molecule has 1 aromatic heterocycles. The van der Waals surface area contributed by atoms with E-state index in [4.69, 9.17) is 11.1 Å². The van der Waals surface area contributed by atoms with E-state index in [2.05, 4.69) is 10.1 Å². The lowest BCUT2D eigenvalue weighted by Crippen LogP contribution is -2.23. The van der Waals surface area contributed by atoms with E-state index in [9.17, 15) is 9.59 Å². The minimum Gasteiger partial charge on any atom is -0.469 e. The van der Waals surface area contributed by atoms with Crippen molar-refractivity contribution in [3.8, 4) is 0 Å². The lowest BCUT2D eigenvalue weighted by Gasteiger charge is -2.03. The van der Waals surface area contributed by atoms with Crippen LogP contribution in [0.15, 0.2) is 24.3 Å². The summed E-state index contributed by atoms with van der Waals surface area (Å²) in [7, 11) is 1.40. The first kappa shape index (κ1) is 18.9. The third-order valence-electron chi connectivity index (χ3n) is 3.87. The number of rotatable bonds is 9. The van der Waals surface area contributed by atoms with Crippen LogP contribution in [0.2, 0.25) is 0 Å². The number of hydrogen-bond acceptors (Lipinski definition) is 5. The minimum absolute atomic E-state index is 0.0197. The molecule has 1 heterocycles. The first-order valence-corrected chi connectivity index (χ1v) is 9.06. The Bertz CT molecular complexity index is 770. The fourth-order valence-electron chi connectivity index (χ4n) is 2.46. The van der Waals surface area contributed by atoms with E-state index in [1.54, 1.807) is 6.07 Å². The molecule has 0 unspecified atom stereocenters. The number of unbranched alkanes of at least 4 members (excludes halogenated alkanes) is 3. The molecule has 2 rings (SSSR count). The van der Waals surface area contributed by atoms with E-state index in [-0.39, 0.29) is 17.7 Å². The first-order chi connectivity index (χ1) is 12.0. The van der Waals surface area contributed by atoms with Crippen molar-refractivity contribution in [2.24, 2.45) is 5.73 Å². The van der Waals surface area contributed by atoms with Crippen molar-refractivity contribution < 1.29 is 14.3 Å². The number of esters is 1. The molecule has 0 aliphatic rings. The number of benzene rings is 1. The molecule has 7 heteroatoms. The van der Waals surface area contributed by atoms with Crippen LogP contribution in [0.1, 0.15) is 47.3 Å². The van der Waals surface area contributed by atoms with E-state index < -0.39 is 0 Å². The van der Waals surface area contributed by atoms with Crippen LogP contribution in [0.3, 0.4) is 0 Å². The zero-order chi connectivity index (χ0) is 18.2. The van der Waals surface area contributed by atoms with Gasteiger partial charge in [0.05, 0.1) is 12.0 Å². The number of methoxy groups -OCH3 is 1. The van der Waals surface area contributed by atoms with Crippen LogP contribution in [-0.4, -0.2) is 31.4 Å². The lowest BCUT2D eigenvalue weighted by atomic mass is 10.1. The van der Waals surface area contributed by atoms with Crippen LogP contribution in [0.4, 0.5) is 0 Å². The highest BCUT2D eigenvalue weighted by Gasteiger charge is 2.10. The number of fused-ring (bicyclic) bond motifs is 1. The molecular weight excluding hydrogens is 338 g/mol. The Labute approximate surface area is 150 Å². The van der Waals surface area contributed by atoms with E-state index in [0.717, 1.165) is 35.8 Å².